The molecule has 0 bridgehead atoms. The van der Waals surface area contributed by atoms with Gasteiger partial charge in [0.05, 0.1) is 6.54 Å². The standard InChI is InChI=1S/C14H15ClN2O/c1-3-13-16-12(15)8-14(18)17(13)9-11-6-4-10(2)5-7-11/h4-8H,3,9H2,1-2H3. The number of benzene rings is 1. The molecule has 0 aliphatic heterocycles. The maximum atomic E-state index is 11.9. The lowest BCUT2D eigenvalue weighted by Crippen LogP contribution is -2.24. The summed E-state index contributed by atoms with van der Waals surface area (Å²) in [6.45, 7) is 4.54. The highest BCUT2D eigenvalue weighted by molar-refractivity contribution is 6.29. The van der Waals surface area contributed by atoms with E-state index < -0.39 is 0 Å². The van der Waals surface area contributed by atoms with E-state index in [-0.39, 0.29) is 10.7 Å². The van der Waals surface area contributed by atoms with E-state index in [9.17, 15) is 4.79 Å². The quantitative estimate of drug-likeness (QED) is 0.798. The third-order valence-electron chi connectivity index (χ3n) is 2.83. The van der Waals surface area contributed by atoms with Crippen LogP contribution in [-0.4, -0.2) is 9.55 Å². The lowest BCUT2D eigenvalue weighted by atomic mass is 10.1. The molecule has 0 aliphatic carbocycles. The largest absolute Gasteiger partial charge is 0.292 e. The van der Waals surface area contributed by atoms with Crippen molar-refractivity contribution in [3.05, 3.63) is 62.8 Å². The molecular weight excluding hydrogens is 248 g/mol. The van der Waals surface area contributed by atoms with E-state index in [4.69, 9.17) is 11.6 Å². The Morgan fingerprint density at radius 2 is 1.94 bits per heavy atom. The third-order valence-corrected chi connectivity index (χ3v) is 3.03. The summed E-state index contributed by atoms with van der Waals surface area (Å²) in [4.78, 5) is 16.1. The van der Waals surface area contributed by atoms with Crippen LogP contribution in [0.1, 0.15) is 23.9 Å². The minimum Gasteiger partial charge on any atom is -0.292 e. The number of hydrogen-bond donors (Lipinski definition) is 0. The highest BCUT2D eigenvalue weighted by Crippen LogP contribution is 2.08. The van der Waals surface area contributed by atoms with E-state index in [2.05, 4.69) is 4.98 Å². The Morgan fingerprint density at radius 1 is 1.28 bits per heavy atom. The second-order valence-corrected chi connectivity index (χ2v) is 4.65. The van der Waals surface area contributed by atoms with E-state index in [1.807, 2.05) is 38.1 Å². The normalized spacial score (nSPS) is 10.6. The summed E-state index contributed by atoms with van der Waals surface area (Å²) < 4.78 is 1.66. The van der Waals surface area contributed by atoms with Gasteiger partial charge in [-0.1, -0.05) is 48.4 Å². The van der Waals surface area contributed by atoms with Crippen molar-refractivity contribution in [2.75, 3.05) is 0 Å². The monoisotopic (exact) mass is 262 g/mol. The maximum absolute atomic E-state index is 11.9. The molecule has 3 nitrogen and oxygen atoms in total. The maximum Gasteiger partial charge on any atom is 0.255 e. The summed E-state index contributed by atoms with van der Waals surface area (Å²) in [5, 5.41) is 0.261. The van der Waals surface area contributed by atoms with Crippen molar-refractivity contribution in [2.24, 2.45) is 0 Å². The Hall–Kier alpha value is -1.61. The van der Waals surface area contributed by atoms with Gasteiger partial charge in [0, 0.05) is 12.5 Å². The first-order chi connectivity index (χ1) is 8.60. The van der Waals surface area contributed by atoms with Crippen molar-refractivity contribution in [3.63, 3.8) is 0 Å². The van der Waals surface area contributed by atoms with Crippen LogP contribution in [0.25, 0.3) is 0 Å². The van der Waals surface area contributed by atoms with E-state index >= 15 is 0 Å². The first-order valence-corrected chi connectivity index (χ1v) is 6.29. The lowest BCUT2D eigenvalue weighted by molar-refractivity contribution is 0.674. The van der Waals surface area contributed by atoms with Crippen molar-refractivity contribution in [3.8, 4) is 0 Å². The summed E-state index contributed by atoms with van der Waals surface area (Å²) in [5.74, 6) is 0.716. The van der Waals surface area contributed by atoms with Crippen LogP contribution in [0.3, 0.4) is 0 Å². The molecule has 0 N–H and O–H groups in total. The molecule has 0 amide bonds. The Balaban J connectivity index is 2.39. The summed E-state index contributed by atoms with van der Waals surface area (Å²) in [7, 11) is 0. The van der Waals surface area contributed by atoms with Crippen LogP contribution < -0.4 is 5.56 Å². The molecule has 0 aliphatic rings. The van der Waals surface area contributed by atoms with Crippen molar-refractivity contribution >= 4 is 11.6 Å². The van der Waals surface area contributed by atoms with Gasteiger partial charge in [-0.15, -0.1) is 0 Å². The fourth-order valence-electron chi connectivity index (χ4n) is 1.84. The average Bonchev–Trinajstić information content (AvgIpc) is 2.34. The molecule has 1 aromatic carbocycles. The Kier molecular flexibility index (Phi) is 3.82. The Labute approximate surface area is 111 Å². The molecule has 0 radical (unpaired) electrons. The van der Waals surface area contributed by atoms with Gasteiger partial charge in [-0.05, 0) is 12.5 Å². The summed E-state index contributed by atoms with van der Waals surface area (Å²) in [6.07, 6.45) is 0.682. The number of aryl methyl sites for hydroxylation is 2. The van der Waals surface area contributed by atoms with Crippen LogP contribution in [-0.2, 0) is 13.0 Å². The van der Waals surface area contributed by atoms with Crippen LogP contribution in [0.4, 0.5) is 0 Å². The van der Waals surface area contributed by atoms with Crippen molar-refractivity contribution in [1.29, 1.82) is 0 Å². The first kappa shape index (κ1) is 12.8. The van der Waals surface area contributed by atoms with Gasteiger partial charge in [0.25, 0.3) is 5.56 Å². The topological polar surface area (TPSA) is 34.9 Å². The second-order valence-electron chi connectivity index (χ2n) is 4.26. The van der Waals surface area contributed by atoms with E-state index in [1.165, 1.54) is 11.6 Å². The Morgan fingerprint density at radius 3 is 2.56 bits per heavy atom. The van der Waals surface area contributed by atoms with Crippen molar-refractivity contribution in [1.82, 2.24) is 9.55 Å². The van der Waals surface area contributed by atoms with Gasteiger partial charge in [0.2, 0.25) is 0 Å². The molecule has 4 heteroatoms. The van der Waals surface area contributed by atoms with Gasteiger partial charge >= 0.3 is 0 Å². The molecular formula is C14H15ClN2O. The van der Waals surface area contributed by atoms with Gasteiger partial charge in [-0.2, -0.15) is 0 Å². The molecule has 0 atom stereocenters. The summed E-state index contributed by atoms with van der Waals surface area (Å²) in [5.41, 5.74) is 2.19. The van der Waals surface area contributed by atoms with Gasteiger partial charge < -0.3 is 0 Å². The minimum atomic E-state index is -0.104. The molecule has 0 saturated carbocycles. The fourth-order valence-corrected chi connectivity index (χ4v) is 2.03. The van der Waals surface area contributed by atoms with E-state index in [0.717, 1.165) is 5.56 Å². The zero-order valence-corrected chi connectivity index (χ0v) is 11.2. The van der Waals surface area contributed by atoms with Crippen molar-refractivity contribution in [2.45, 2.75) is 26.8 Å². The number of nitrogens with zero attached hydrogens (tertiary/aromatic N) is 2. The molecule has 0 spiro atoms. The Bertz CT molecular complexity index is 602. The van der Waals surface area contributed by atoms with E-state index in [1.54, 1.807) is 4.57 Å². The van der Waals surface area contributed by atoms with Gasteiger partial charge in [-0.25, -0.2) is 4.98 Å². The predicted molar refractivity (Wildman–Crippen MR) is 73.2 cm³/mol. The average molecular weight is 263 g/mol. The van der Waals surface area contributed by atoms with Crippen LogP contribution in [0.15, 0.2) is 35.1 Å². The molecule has 0 saturated heterocycles. The minimum absolute atomic E-state index is 0.104. The zero-order chi connectivity index (χ0) is 13.1. The number of hydrogen-bond acceptors (Lipinski definition) is 2. The van der Waals surface area contributed by atoms with Gasteiger partial charge in [0.15, 0.2) is 0 Å². The fraction of sp³-hybridized carbons (Fsp3) is 0.286. The lowest BCUT2D eigenvalue weighted by Gasteiger charge is -2.11. The van der Waals surface area contributed by atoms with Gasteiger partial charge in [-0.3, -0.25) is 9.36 Å². The van der Waals surface area contributed by atoms with Crippen LogP contribution in [0.5, 0.6) is 0 Å². The second kappa shape index (κ2) is 5.36. The number of aromatic nitrogens is 2. The highest BCUT2D eigenvalue weighted by atomic mass is 35.5. The molecule has 1 aromatic heterocycles. The molecule has 1 heterocycles. The number of rotatable bonds is 3. The molecule has 2 rings (SSSR count). The van der Waals surface area contributed by atoms with Crippen LogP contribution in [0.2, 0.25) is 5.15 Å². The molecule has 2 aromatic rings. The molecule has 0 unspecified atom stereocenters. The third kappa shape index (κ3) is 2.79. The first-order valence-electron chi connectivity index (χ1n) is 5.92. The van der Waals surface area contributed by atoms with Crippen LogP contribution >= 0.6 is 11.6 Å². The highest BCUT2D eigenvalue weighted by Gasteiger charge is 2.06. The molecule has 0 fully saturated rings. The predicted octanol–water partition coefficient (Wildman–Crippen LogP) is 2.82. The number of halogens is 1. The van der Waals surface area contributed by atoms with E-state index in [0.29, 0.717) is 18.8 Å². The van der Waals surface area contributed by atoms with Crippen molar-refractivity contribution < 1.29 is 0 Å². The zero-order valence-electron chi connectivity index (χ0n) is 10.5. The van der Waals surface area contributed by atoms with Crippen LogP contribution in [0, 0.1) is 6.92 Å². The smallest absolute Gasteiger partial charge is 0.255 e. The summed E-state index contributed by atoms with van der Waals surface area (Å²) in [6, 6.07) is 9.48. The SMILES string of the molecule is CCc1nc(Cl)cc(=O)n1Cc1ccc(C)cc1. The molecule has 18 heavy (non-hydrogen) atoms. The molecule has 94 valence electrons. The van der Waals surface area contributed by atoms with Gasteiger partial charge in [0.1, 0.15) is 11.0 Å². The summed E-state index contributed by atoms with van der Waals surface area (Å²) >= 11 is 5.80.